The second kappa shape index (κ2) is 8.05. The van der Waals surface area contributed by atoms with Crippen LogP contribution in [0.1, 0.15) is 13.3 Å². The number of halogens is 2. The van der Waals surface area contributed by atoms with Gasteiger partial charge in [0.25, 0.3) is 10.0 Å². The van der Waals surface area contributed by atoms with Gasteiger partial charge < -0.3 is 5.32 Å². The van der Waals surface area contributed by atoms with Gasteiger partial charge in [-0.2, -0.15) is 0 Å². The molecule has 10 heteroatoms. The summed E-state index contributed by atoms with van der Waals surface area (Å²) in [6.07, 6.45) is 1.02. The van der Waals surface area contributed by atoms with E-state index in [2.05, 4.69) is 43.2 Å². The third-order valence-corrected chi connectivity index (χ3v) is 4.36. The van der Waals surface area contributed by atoms with Crippen LogP contribution in [-0.2, 0) is 17.1 Å². The summed E-state index contributed by atoms with van der Waals surface area (Å²) in [5.41, 5.74) is 0. The standard InChI is InChI=1S/C8H16BrN5O2S.ClH/c1-3-4-10-5-6-11-17(15,16)8-7(9)12-13-14(8)2;/h10-11H,3-6H2,1-2H3;1H. The smallest absolute Gasteiger partial charge is 0.260 e. The first-order chi connectivity index (χ1) is 7.99. The summed E-state index contributed by atoms with van der Waals surface area (Å²) in [7, 11) is -2.03. The summed E-state index contributed by atoms with van der Waals surface area (Å²) >= 11 is 3.06. The zero-order valence-electron chi connectivity index (χ0n) is 10.2. The molecule has 0 aliphatic rings. The SMILES string of the molecule is CCCNCCNS(=O)(=O)c1c(Br)nnn1C.Cl. The van der Waals surface area contributed by atoms with Crippen LogP contribution in [0.4, 0.5) is 0 Å². The van der Waals surface area contributed by atoms with Gasteiger partial charge in [0.2, 0.25) is 5.03 Å². The van der Waals surface area contributed by atoms with Gasteiger partial charge in [-0.15, -0.1) is 17.5 Å². The van der Waals surface area contributed by atoms with Crippen LogP contribution in [0.5, 0.6) is 0 Å². The average molecular weight is 363 g/mol. The maximum Gasteiger partial charge on any atom is 0.260 e. The van der Waals surface area contributed by atoms with Crippen molar-refractivity contribution in [2.75, 3.05) is 19.6 Å². The summed E-state index contributed by atoms with van der Waals surface area (Å²) in [5, 5.41) is 10.4. The van der Waals surface area contributed by atoms with Gasteiger partial charge in [0, 0.05) is 20.1 Å². The number of nitrogens with zero attached hydrogens (tertiary/aromatic N) is 3. The normalized spacial score (nSPS) is 11.3. The van der Waals surface area contributed by atoms with Crippen molar-refractivity contribution in [2.45, 2.75) is 18.4 Å². The summed E-state index contributed by atoms with van der Waals surface area (Å²) < 4.78 is 27.7. The maximum atomic E-state index is 11.9. The minimum atomic E-state index is -3.56. The quantitative estimate of drug-likeness (QED) is 0.680. The van der Waals surface area contributed by atoms with E-state index >= 15 is 0 Å². The van der Waals surface area contributed by atoms with Crippen LogP contribution in [0.3, 0.4) is 0 Å². The Bertz CT molecular complexity index is 445. The number of rotatable bonds is 7. The molecule has 1 aromatic heterocycles. The largest absolute Gasteiger partial charge is 0.315 e. The van der Waals surface area contributed by atoms with Crippen molar-refractivity contribution in [3.8, 4) is 0 Å². The fourth-order valence-electron chi connectivity index (χ4n) is 1.25. The van der Waals surface area contributed by atoms with Crippen LogP contribution >= 0.6 is 28.3 Å². The van der Waals surface area contributed by atoms with Gasteiger partial charge in [0.1, 0.15) is 0 Å². The Morgan fingerprint density at radius 1 is 1.33 bits per heavy atom. The Morgan fingerprint density at radius 3 is 2.50 bits per heavy atom. The molecule has 2 N–H and O–H groups in total. The second-order valence-corrected chi connectivity index (χ2v) is 5.89. The first-order valence-corrected chi connectivity index (χ1v) is 7.52. The Labute approximate surface area is 121 Å². The lowest BCUT2D eigenvalue weighted by Crippen LogP contribution is -2.33. The molecule has 7 nitrogen and oxygen atoms in total. The molecule has 0 unspecified atom stereocenters. The molecular weight excluding hydrogens is 346 g/mol. The van der Waals surface area contributed by atoms with Crippen molar-refractivity contribution < 1.29 is 8.42 Å². The molecule has 0 aromatic carbocycles. The van der Waals surface area contributed by atoms with Crippen LogP contribution in [0.2, 0.25) is 0 Å². The van der Waals surface area contributed by atoms with E-state index in [0.29, 0.717) is 13.1 Å². The number of aryl methyl sites for hydroxylation is 1. The third kappa shape index (κ3) is 4.81. The van der Waals surface area contributed by atoms with Gasteiger partial charge in [0.15, 0.2) is 4.60 Å². The van der Waals surface area contributed by atoms with E-state index in [1.807, 2.05) is 0 Å². The molecular formula is C8H17BrClN5O2S. The Morgan fingerprint density at radius 2 is 2.00 bits per heavy atom. The predicted octanol–water partition coefficient (Wildman–Crippen LogP) is 0.277. The topological polar surface area (TPSA) is 88.9 Å². The predicted molar refractivity (Wildman–Crippen MR) is 74.3 cm³/mol. The molecule has 0 saturated carbocycles. The highest BCUT2D eigenvalue weighted by molar-refractivity contribution is 9.10. The molecule has 0 fully saturated rings. The molecule has 0 amide bonds. The molecule has 0 aliphatic carbocycles. The van der Waals surface area contributed by atoms with Crippen molar-refractivity contribution in [1.29, 1.82) is 0 Å². The van der Waals surface area contributed by atoms with Gasteiger partial charge >= 0.3 is 0 Å². The lowest BCUT2D eigenvalue weighted by Gasteiger charge is -2.07. The molecule has 1 rings (SSSR count). The van der Waals surface area contributed by atoms with Crippen LogP contribution < -0.4 is 10.0 Å². The molecule has 0 bridgehead atoms. The van der Waals surface area contributed by atoms with Crippen molar-refractivity contribution in [3.05, 3.63) is 4.60 Å². The van der Waals surface area contributed by atoms with Gasteiger partial charge in [-0.05, 0) is 28.9 Å². The maximum absolute atomic E-state index is 11.9. The third-order valence-electron chi connectivity index (χ3n) is 2.01. The molecule has 0 saturated heterocycles. The zero-order valence-corrected chi connectivity index (χ0v) is 13.4. The Balaban J connectivity index is 0.00000289. The fourth-order valence-corrected chi connectivity index (χ4v) is 3.37. The minimum absolute atomic E-state index is 0. The number of hydrogen-bond donors (Lipinski definition) is 2. The number of hydrogen-bond acceptors (Lipinski definition) is 5. The van der Waals surface area contributed by atoms with Crippen LogP contribution in [0.25, 0.3) is 0 Å². The van der Waals surface area contributed by atoms with Gasteiger partial charge in [-0.1, -0.05) is 12.1 Å². The van der Waals surface area contributed by atoms with E-state index in [4.69, 9.17) is 0 Å². The molecule has 0 atom stereocenters. The molecule has 0 radical (unpaired) electrons. The highest BCUT2D eigenvalue weighted by Crippen LogP contribution is 2.16. The summed E-state index contributed by atoms with van der Waals surface area (Å²) in [6, 6.07) is 0. The van der Waals surface area contributed by atoms with Gasteiger partial charge in [-0.25, -0.2) is 17.8 Å². The van der Waals surface area contributed by atoms with E-state index in [-0.39, 0.29) is 22.0 Å². The van der Waals surface area contributed by atoms with Crippen LogP contribution in [-0.4, -0.2) is 43.0 Å². The van der Waals surface area contributed by atoms with E-state index < -0.39 is 10.0 Å². The van der Waals surface area contributed by atoms with Crippen LogP contribution in [0, 0.1) is 0 Å². The van der Waals surface area contributed by atoms with E-state index in [1.165, 1.54) is 11.7 Å². The summed E-state index contributed by atoms with van der Waals surface area (Å²) in [4.78, 5) is 0. The van der Waals surface area contributed by atoms with E-state index in [9.17, 15) is 8.42 Å². The Hall–Kier alpha value is -0.220. The van der Waals surface area contributed by atoms with E-state index in [0.717, 1.165) is 13.0 Å². The van der Waals surface area contributed by atoms with Crippen molar-refractivity contribution in [1.82, 2.24) is 25.0 Å². The first kappa shape index (κ1) is 17.8. The molecule has 1 aromatic rings. The fraction of sp³-hybridized carbons (Fsp3) is 0.750. The molecule has 0 aliphatic heterocycles. The highest BCUT2D eigenvalue weighted by atomic mass is 79.9. The molecule has 1 heterocycles. The first-order valence-electron chi connectivity index (χ1n) is 5.24. The summed E-state index contributed by atoms with van der Waals surface area (Å²) in [6.45, 7) is 3.85. The minimum Gasteiger partial charge on any atom is -0.315 e. The number of nitrogens with one attached hydrogen (secondary N) is 2. The van der Waals surface area contributed by atoms with Crippen LogP contribution in [0.15, 0.2) is 9.63 Å². The summed E-state index contributed by atoms with van der Waals surface area (Å²) in [5.74, 6) is 0. The molecule has 0 spiro atoms. The van der Waals surface area contributed by atoms with Gasteiger partial charge in [-0.3, -0.25) is 0 Å². The Kier molecular flexibility index (Phi) is 7.95. The number of sulfonamides is 1. The van der Waals surface area contributed by atoms with Crippen molar-refractivity contribution in [3.63, 3.8) is 0 Å². The molecule has 18 heavy (non-hydrogen) atoms. The molecule has 106 valence electrons. The highest BCUT2D eigenvalue weighted by Gasteiger charge is 2.22. The monoisotopic (exact) mass is 361 g/mol. The van der Waals surface area contributed by atoms with Crippen molar-refractivity contribution >= 4 is 38.4 Å². The van der Waals surface area contributed by atoms with Gasteiger partial charge in [0.05, 0.1) is 0 Å². The van der Waals surface area contributed by atoms with E-state index in [1.54, 1.807) is 0 Å². The number of aromatic nitrogens is 3. The average Bonchev–Trinajstić information content (AvgIpc) is 2.58. The lowest BCUT2D eigenvalue weighted by atomic mass is 10.5. The zero-order chi connectivity index (χ0) is 12.9. The van der Waals surface area contributed by atoms with Crippen molar-refractivity contribution in [2.24, 2.45) is 7.05 Å². The lowest BCUT2D eigenvalue weighted by molar-refractivity contribution is 0.556. The second-order valence-electron chi connectivity index (χ2n) is 3.46.